The van der Waals surface area contributed by atoms with E-state index in [4.69, 9.17) is 4.74 Å². The van der Waals surface area contributed by atoms with E-state index in [-0.39, 0.29) is 11.5 Å². The molecule has 1 aromatic carbocycles. The molecule has 0 aromatic heterocycles. The minimum Gasteiger partial charge on any atom is -0.495 e. The molecule has 94 valence electrons. The van der Waals surface area contributed by atoms with Crippen molar-refractivity contribution in [1.29, 1.82) is 0 Å². The minimum atomic E-state index is -2.83. The van der Waals surface area contributed by atoms with Crippen LogP contribution in [0.1, 0.15) is 5.56 Å². The Kier molecular flexibility index (Phi) is 3.28. The third kappa shape index (κ3) is 2.72. The van der Waals surface area contributed by atoms with Crippen LogP contribution in [-0.4, -0.2) is 40.1 Å². The molecule has 0 bridgehead atoms. The molecular formula is C12H17NO3S. The summed E-state index contributed by atoms with van der Waals surface area (Å²) in [5.41, 5.74) is 2.11. The Hall–Kier alpha value is -1.23. The zero-order valence-electron chi connectivity index (χ0n) is 10.1. The van der Waals surface area contributed by atoms with Crippen LogP contribution in [0.25, 0.3) is 0 Å². The molecule has 1 aliphatic rings. The molecule has 2 rings (SSSR count). The molecule has 1 fully saturated rings. The molecule has 1 aliphatic heterocycles. The molecule has 1 saturated heterocycles. The normalized spacial score (nSPS) is 19.1. The number of aryl methyl sites for hydroxylation is 1. The third-order valence-electron chi connectivity index (χ3n) is 3.02. The van der Waals surface area contributed by atoms with Crippen molar-refractivity contribution >= 4 is 15.5 Å². The fraction of sp³-hybridized carbons (Fsp3) is 0.500. The number of ether oxygens (including phenoxy) is 1. The Labute approximate surface area is 102 Å². The van der Waals surface area contributed by atoms with Crippen LogP contribution < -0.4 is 9.64 Å². The lowest BCUT2D eigenvalue weighted by atomic mass is 10.2. The number of benzene rings is 1. The van der Waals surface area contributed by atoms with Crippen LogP contribution in [0.5, 0.6) is 5.75 Å². The van der Waals surface area contributed by atoms with Gasteiger partial charge in [0.2, 0.25) is 0 Å². The maximum Gasteiger partial charge on any atom is 0.153 e. The van der Waals surface area contributed by atoms with Gasteiger partial charge in [0.05, 0.1) is 24.3 Å². The predicted molar refractivity (Wildman–Crippen MR) is 68.6 cm³/mol. The van der Waals surface area contributed by atoms with Crippen molar-refractivity contribution in [1.82, 2.24) is 0 Å². The third-order valence-corrected chi connectivity index (χ3v) is 4.63. The second-order valence-electron chi connectivity index (χ2n) is 4.31. The topological polar surface area (TPSA) is 46.6 Å². The van der Waals surface area contributed by atoms with Crippen molar-refractivity contribution in [3.63, 3.8) is 0 Å². The lowest BCUT2D eigenvalue weighted by Gasteiger charge is -2.30. The fourth-order valence-electron chi connectivity index (χ4n) is 2.00. The molecule has 0 atom stereocenters. The van der Waals surface area contributed by atoms with E-state index in [1.807, 2.05) is 25.1 Å². The molecule has 4 nitrogen and oxygen atoms in total. The first kappa shape index (κ1) is 12.2. The van der Waals surface area contributed by atoms with Crippen LogP contribution >= 0.6 is 0 Å². The second kappa shape index (κ2) is 4.56. The van der Waals surface area contributed by atoms with Gasteiger partial charge in [-0.25, -0.2) is 8.42 Å². The van der Waals surface area contributed by atoms with Gasteiger partial charge < -0.3 is 9.64 Å². The summed E-state index contributed by atoms with van der Waals surface area (Å²) in [6.45, 7) is 3.09. The monoisotopic (exact) mass is 255 g/mol. The van der Waals surface area contributed by atoms with Crippen LogP contribution in [0.2, 0.25) is 0 Å². The van der Waals surface area contributed by atoms with E-state index in [2.05, 4.69) is 4.90 Å². The Morgan fingerprint density at radius 2 is 1.88 bits per heavy atom. The van der Waals surface area contributed by atoms with Crippen molar-refractivity contribution in [3.8, 4) is 5.75 Å². The highest BCUT2D eigenvalue weighted by molar-refractivity contribution is 7.91. The van der Waals surface area contributed by atoms with Gasteiger partial charge in [0.1, 0.15) is 5.75 Å². The van der Waals surface area contributed by atoms with Crippen LogP contribution in [-0.2, 0) is 9.84 Å². The summed E-state index contributed by atoms with van der Waals surface area (Å²) >= 11 is 0. The van der Waals surface area contributed by atoms with Crippen molar-refractivity contribution in [2.75, 3.05) is 36.6 Å². The SMILES string of the molecule is COc1cc(C)ccc1N1CCS(=O)(=O)CC1. The van der Waals surface area contributed by atoms with E-state index in [0.717, 1.165) is 17.0 Å². The van der Waals surface area contributed by atoms with Crippen LogP contribution in [0, 0.1) is 6.92 Å². The highest BCUT2D eigenvalue weighted by Crippen LogP contribution is 2.30. The van der Waals surface area contributed by atoms with Crippen LogP contribution in [0.15, 0.2) is 18.2 Å². The molecule has 0 spiro atoms. The molecule has 1 heterocycles. The lowest BCUT2D eigenvalue weighted by Crippen LogP contribution is -2.40. The maximum absolute atomic E-state index is 11.4. The predicted octanol–water partition coefficient (Wildman–Crippen LogP) is 1.24. The largest absolute Gasteiger partial charge is 0.495 e. The van der Waals surface area contributed by atoms with Gasteiger partial charge in [-0.15, -0.1) is 0 Å². The average Bonchev–Trinajstić information content (AvgIpc) is 2.29. The first-order valence-corrected chi connectivity index (χ1v) is 7.44. The van der Waals surface area contributed by atoms with E-state index in [1.165, 1.54) is 0 Å². The summed E-state index contributed by atoms with van der Waals surface area (Å²) in [7, 11) is -1.20. The van der Waals surface area contributed by atoms with Crippen LogP contribution in [0.4, 0.5) is 5.69 Å². The van der Waals surface area contributed by atoms with E-state index in [9.17, 15) is 8.42 Å². The fourth-order valence-corrected chi connectivity index (χ4v) is 3.20. The summed E-state index contributed by atoms with van der Waals surface area (Å²) in [5.74, 6) is 1.26. The summed E-state index contributed by atoms with van der Waals surface area (Å²) in [6.07, 6.45) is 0. The minimum absolute atomic E-state index is 0.226. The van der Waals surface area contributed by atoms with Gasteiger partial charge in [-0.1, -0.05) is 6.07 Å². The summed E-state index contributed by atoms with van der Waals surface area (Å²) in [4.78, 5) is 2.07. The van der Waals surface area contributed by atoms with Crippen molar-refractivity contribution in [2.45, 2.75) is 6.92 Å². The van der Waals surface area contributed by atoms with Crippen LogP contribution in [0.3, 0.4) is 0 Å². The Morgan fingerprint density at radius 3 is 2.47 bits per heavy atom. The molecule has 0 unspecified atom stereocenters. The Bertz CT molecular complexity index is 496. The molecule has 0 saturated carbocycles. The molecule has 0 N–H and O–H groups in total. The maximum atomic E-state index is 11.4. The molecule has 0 aliphatic carbocycles. The Balaban J connectivity index is 2.24. The number of anilines is 1. The van der Waals surface area contributed by atoms with Crippen molar-refractivity contribution < 1.29 is 13.2 Å². The smallest absolute Gasteiger partial charge is 0.153 e. The molecule has 5 heteroatoms. The van der Waals surface area contributed by atoms with Gasteiger partial charge in [0, 0.05) is 13.1 Å². The van der Waals surface area contributed by atoms with Gasteiger partial charge in [0.15, 0.2) is 9.84 Å². The van der Waals surface area contributed by atoms with Gasteiger partial charge in [-0.3, -0.25) is 0 Å². The van der Waals surface area contributed by atoms with E-state index in [1.54, 1.807) is 7.11 Å². The standard InChI is InChI=1S/C12H17NO3S/c1-10-3-4-11(12(9-10)16-2)13-5-7-17(14,15)8-6-13/h3-4,9H,5-8H2,1-2H3. The number of methoxy groups -OCH3 is 1. The zero-order valence-corrected chi connectivity index (χ0v) is 11.0. The quantitative estimate of drug-likeness (QED) is 0.797. The molecule has 0 radical (unpaired) electrons. The van der Waals surface area contributed by atoms with Gasteiger partial charge >= 0.3 is 0 Å². The number of hydrogen-bond donors (Lipinski definition) is 0. The van der Waals surface area contributed by atoms with Gasteiger partial charge in [-0.2, -0.15) is 0 Å². The first-order chi connectivity index (χ1) is 8.02. The number of sulfone groups is 1. The molecule has 1 aromatic rings. The summed E-state index contributed by atoms with van der Waals surface area (Å²) in [6, 6.07) is 5.98. The zero-order chi connectivity index (χ0) is 12.5. The summed E-state index contributed by atoms with van der Waals surface area (Å²) in [5, 5.41) is 0. The van der Waals surface area contributed by atoms with Gasteiger partial charge in [0.25, 0.3) is 0 Å². The highest BCUT2D eigenvalue weighted by Gasteiger charge is 2.23. The van der Waals surface area contributed by atoms with E-state index < -0.39 is 9.84 Å². The number of hydrogen-bond acceptors (Lipinski definition) is 4. The van der Waals surface area contributed by atoms with Crippen molar-refractivity contribution in [2.24, 2.45) is 0 Å². The van der Waals surface area contributed by atoms with Crippen molar-refractivity contribution in [3.05, 3.63) is 23.8 Å². The lowest BCUT2D eigenvalue weighted by molar-refractivity contribution is 0.414. The molecular weight excluding hydrogens is 238 g/mol. The summed E-state index contributed by atoms with van der Waals surface area (Å²) < 4.78 is 28.1. The first-order valence-electron chi connectivity index (χ1n) is 5.62. The second-order valence-corrected chi connectivity index (χ2v) is 6.62. The Morgan fingerprint density at radius 1 is 1.24 bits per heavy atom. The van der Waals surface area contributed by atoms with Gasteiger partial charge in [-0.05, 0) is 24.6 Å². The average molecular weight is 255 g/mol. The van der Waals surface area contributed by atoms with E-state index >= 15 is 0 Å². The highest BCUT2D eigenvalue weighted by atomic mass is 32.2. The molecule has 0 amide bonds. The molecule has 17 heavy (non-hydrogen) atoms. The number of rotatable bonds is 2. The number of nitrogens with zero attached hydrogens (tertiary/aromatic N) is 1. The van der Waals surface area contributed by atoms with E-state index in [0.29, 0.717) is 13.1 Å².